The first-order valence-electron chi connectivity index (χ1n) is 10.3. The number of aromatic nitrogens is 1. The van der Waals surface area contributed by atoms with E-state index < -0.39 is 0 Å². The van der Waals surface area contributed by atoms with Gasteiger partial charge >= 0.3 is 0 Å². The van der Waals surface area contributed by atoms with Crippen LogP contribution in [0.25, 0.3) is 16.3 Å². The summed E-state index contributed by atoms with van der Waals surface area (Å²) in [5, 5.41) is 1.75. The van der Waals surface area contributed by atoms with Gasteiger partial charge in [-0.15, -0.1) is 11.3 Å². The van der Waals surface area contributed by atoms with E-state index in [1.165, 1.54) is 11.8 Å². The van der Waals surface area contributed by atoms with Gasteiger partial charge in [-0.25, -0.2) is 9.98 Å². The second-order valence-electron chi connectivity index (χ2n) is 7.28. The number of hydrogen-bond acceptors (Lipinski definition) is 6. The van der Waals surface area contributed by atoms with Crippen molar-refractivity contribution in [3.63, 3.8) is 0 Å². The molecule has 0 saturated carbocycles. The lowest BCUT2D eigenvalue weighted by molar-refractivity contribution is -0.122. The Morgan fingerprint density at radius 1 is 1.03 bits per heavy atom. The highest BCUT2D eigenvalue weighted by molar-refractivity contribution is 8.18. The third-order valence-electron chi connectivity index (χ3n) is 5.37. The molecule has 2 aliphatic rings. The van der Waals surface area contributed by atoms with E-state index in [4.69, 9.17) is 4.99 Å². The summed E-state index contributed by atoms with van der Waals surface area (Å²) in [5.74, 6) is 0.00862. The van der Waals surface area contributed by atoms with Crippen LogP contribution in [0.1, 0.15) is 24.4 Å². The quantitative estimate of drug-likeness (QED) is 0.466. The number of likely N-dealkylation sites (N-methyl/N-ethyl adjacent to an activating group) is 2. The summed E-state index contributed by atoms with van der Waals surface area (Å²) < 4.78 is 1.15. The molecule has 0 unspecified atom stereocenters. The number of anilines is 1. The molecule has 0 bridgehead atoms. The van der Waals surface area contributed by atoms with Gasteiger partial charge in [0.25, 0.3) is 5.91 Å². The van der Waals surface area contributed by atoms with Crippen molar-refractivity contribution < 1.29 is 4.79 Å². The van der Waals surface area contributed by atoms with Gasteiger partial charge in [0.1, 0.15) is 4.91 Å². The molecule has 3 aromatic rings. The third-order valence-corrected chi connectivity index (χ3v) is 7.40. The molecular formula is C24H22N4OS2. The molecule has 0 aliphatic carbocycles. The van der Waals surface area contributed by atoms with Crippen LogP contribution in [-0.2, 0) is 4.79 Å². The van der Waals surface area contributed by atoms with Crippen molar-refractivity contribution in [2.75, 3.05) is 18.0 Å². The average molecular weight is 447 g/mol. The highest BCUT2D eigenvalue weighted by Crippen LogP contribution is 2.40. The number of carbonyl (C=O) groups is 1. The number of para-hydroxylation sites is 1. The molecule has 2 aromatic carbocycles. The molecule has 0 N–H and O–H groups in total. The van der Waals surface area contributed by atoms with Gasteiger partial charge in [-0.1, -0.05) is 24.3 Å². The molecular weight excluding hydrogens is 424 g/mol. The van der Waals surface area contributed by atoms with E-state index in [0.29, 0.717) is 11.7 Å². The number of amidine groups is 1. The minimum Gasteiger partial charge on any atom is -0.340 e. The number of amides is 1. The number of benzene rings is 2. The molecule has 1 amide bonds. The van der Waals surface area contributed by atoms with E-state index in [-0.39, 0.29) is 5.91 Å². The molecule has 2 aliphatic heterocycles. The van der Waals surface area contributed by atoms with Crippen LogP contribution in [0, 0.1) is 6.92 Å². The standard InChI is InChI=1S/C24H22N4OS2/c1-4-27-19-9-7-6-8-16(19)10-12-20(27)22-23(29)28(5-2)24(31-22)26-17-11-13-21-18(14-17)25-15(3)30-21/h6-14H,4-5H2,1-3H3. The van der Waals surface area contributed by atoms with Crippen LogP contribution in [0.15, 0.2) is 64.1 Å². The maximum atomic E-state index is 13.3. The summed E-state index contributed by atoms with van der Waals surface area (Å²) >= 11 is 3.13. The van der Waals surface area contributed by atoms with Crippen molar-refractivity contribution in [3.8, 4) is 0 Å². The topological polar surface area (TPSA) is 48.8 Å². The number of allylic oxidation sites excluding steroid dienone is 1. The number of fused-ring (bicyclic) bond motifs is 2. The maximum Gasteiger partial charge on any atom is 0.268 e. The first-order valence-corrected chi connectivity index (χ1v) is 12.0. The number of rotatable bonds is 3. The van der Waals surface area contributed by atoms with Crippen LogP contribution in [0.4, 0.5) is 11.4 Å². The molecule has 5 rings (SSSR count). The Bertz CT molecular complexity index is 1290. The van der Waals surface area contributed by atoms with Gasteiger partial charge in [-0.2, -0.15) is 0 Å². The first kappa shape index (κ1) is 20.0. The first-order chi connectivity index (χ1) is 15.1. The maximum absolute atomic E-state index is 13.3. The van der Waals surface area contributed by atoms with Gasteiger partial charge in [-0.3, -0.25) is 9.69 Å². The molecule has 0 radical (unpaired) electrons. The van der Waals surface area contributed by atoms with Crippen LogP contribution in [-0.4, -0.2) is 34.0 Å². The highest BCUT2D eigenvalue weighted by Gasteiger charge is 2.36. The number of thiazole rings is 1. The number of aryl methyl sites for hydroxylation is 1. The van der Waals surface area contributed by atoms with E-state index in [0.717, 1.165) is 49.3 Å². The Labute approximate surface area is 189 Å². The molecule has 5 nitrogen and oxygen atoms in total. The molecule has 0 spiro atoms. The van der Waals surface area contributed by atoms with E-state index >= 15 is 0 Å². The van der Waals surface area contributed by atoms with E-state index in [1.54, 1.807) is 16.2 Å². The predicted octanol–water partition coefficient (Wildman–Crippen LogP) is 5.95. The Kier molecular flexibility index (Phi) is 5.16. The zero-order chi connectivity index (χ0) is 21.5. The van der Waals surface area contributed by atoms with Crippen molar-refractivity contribution >= 4 is 61.8 Å². The minimum absolute atomic E-state index is 0.00862. The number of aliphatic imine (C=N–C) groups is 1. The van der Waals surface area contributed by atoms with Crippen LogP contribution in [0.3, 0.4) is 0 Å². The fraction of sp³-hybridized carbons (Fsp3) is 0.208. The van der Waals surface area contributed by atoms with Gasteiger partial charge < -0.3 is 4.90 Å². The number of thioether (sulfide) groups is 1. The fourth-order valence-corrected chi connectivity index (χ4v) is 5.88. The highest BCUT2D eigenvalue weighted by atomic mass is 32.2. The Morgan fingerprint density at radius 2 is 1.84 bits per heavy atom. The molecule has 3 heterocycles. The lowest BCUT2D eigenvalue weighted by Crippen LogP contribution is -2.30. The summed E-state index contributed by atoms with van der Waals surface area (Å²) in [6, 6.07) is 14.3. The Hall–Kier alpha value is -2.90. The third kappa shape index (κ3) is 3.47. The largest absolute Gasteiger partial charge is 0.340 e. The molecule has 31 heavy (non-hydrogen) atoms. The second kappa shape index (κ2) is 7.98. The summed E-state index contributed by atoms with van der Waals surface area (Å²) in [4.78, 5) is 27.4. The Balaban J connectivity index is 1.56. The zero-order valence-electron chi connectivity index (χ0n) is 17.6. The lowest BCUT2D eigenvalue weighted by atomic mass is 10.1. The van der Waals surface area contributed by atoms with Crippen LogP contribution in [0.2, 0.25) is 0 Å². The van der Waals surface area contributed by atoms with Crippen molar-refractivity contribution in [2.45, 2.75) is 20.8 Å². The average Bonchev–Trinajstić information content (AvgIpc) is 3.30. The van der Waals surface area contributed by atoms with Crippen LogP contribution < -0.4 is 4.90 Å². The summed E-state index contributed by atoms with van der Waals surface area (Å²) in [6.07, 6.45) is 4.13. The number of nitrogens with zero attached hydrogens (tertiary/aromatic N) is 4. The SMILES string of the molecule is CCN1C(=O)C(=C2C=Cc3ccccc3N2CC)SC1=Nc1ccc2sc(C)nc2c1. The van der Waals surface area contributed by atoms with Crippen molar-refractivity contribution in [3.05, 3.63) is 69.7 Å². The molecule has 7 heteroatoms. The van der Waals surface area contributed by atoms with Crippen molar-refractivity contribution in [2.24, 2.45) is 4.99 Å². The normalized spacial score (nSPS) is 19.7. The smallest absolute Gasteiger partial charge is 0.268 e. The summed E-state index contributed by atoms with van der Waals surface area (Å²) in [5.41, 5.74) is 4.99. The van der Waals surface area contributed by atoms with E-state index in [1.807, 2.05) is 44.2 Å². The summed E-state index contributed by atoms with van der Waals surface area (Å²) in [6.45, 7) is 7.46. The lowest BCUT2D eigenvalue weighted by Gasteiger charge is -2.30. The number of carbonyl (C=O) groups excluding carboxylic acids is 1. The van der Waals surface area contributed by atoms with Crippen LogP contribution in [0.5, 0.6) is 0 Å². The Morgan fingerprint density at radius 3 is 2.65 bits per heavy atom. The predicted molar refractivity (Wildman–Crippen MR) is 132 cm³/mol. The molecule has 1 fully saturated rings. The fourth-order valence-electron chi connectivity index (χ4n) is 3.94. The zero-order valence-corrected chi connectivity index (χ0v) is 19.3. The van der Waals surface area contributed by atoms with Crippen molar-refractivity contribution in [1.29, 1.82) is 0 Å². The van der Waals surface area contributed by atoms with Crippen molar-refractivity contribution in [1.82, 2.24) is 9.88 Å². The molecule has 1 aromatic heterocycles. The van der Waals surface area contributed by atoms with E-state index in [9.17, 15) is 4.79 Å². The summed E-state index contributed by atoms with van der Waals surface area (Å²) in [7, 11) is 0. The van der Waals surface area contributed by atoms with Gasteiger partial charge in [0, 0.05) is 18.8 Å². The minimum atomic E-state index is 0.00862. The second-order valence-corrected chi connectivity index (χ2v) is 9.49. The van der Waals surface area contributed by atoms with Gasteiger partial charge in [0.05, 0.1) is 26.6 Å². The molecule has 0 atom stereocenters. The molecule has 1 saturated heterocycles. The van der Waals surface area contributed by atoms with Gasteiger partial charge in [0.2, 0.25) is 0 Å². The monoisotopic (exact) mass is 446 g/mol. The van der Waals surface area contributed by atoms with Gasteiger partial charge in [-0.05, 0) is 68.4 Å². The van der Waals surface area contributed by atoms with E-state index in [2.05, 4.69) is 41.1 Å². The number of hydrogen-bond donors (Lipinski definition) is 0. The van der Waals surface area contributed by atoms with Crippen LogP contribution >= 0.6 is 23.1 Å². The molecule has 156 valence electrons. The van der Waals surface area contributed by atoms with Gasteiger partial charge in [0.15, 0.2) is 5.17 Å².